The van der Waals surface area contributed by atoms with E-state index in [0.717, 1.165) is 37.2 Å². The van der Waals surface area contributed by atoms with Crippen molar-refractivity contribution in [2.75, 3.05) is 13.2 Å². The van der Waals surface area contributed by atoms with Crippen LogP contribution in [0.5, 0.6) is 0 Å². The molecule has 76 valence electrons. The Balaban J connectivity index is 2.26. The van der Waals surface area contributed by atoms with Gasteiger partial charge in [-0.05, 0) is 24.5 Å². The van der Waals surface area contributed by atoms with Gasteiger partial charge in [-0.2, -0.15) is 5.26 Å². The first-order valence-electron chi connectivity index (χ1n) is 5.16. The minimum Gasteiger partial charge on any atom is -0.381 e. The number of hydrogen-bond donors (Lipinski definition) is 0. The van der Waals surface area contributed by atoms with E-state index in [1.807, 2.05) is 24.3 Å². The molecule has 2 rings (SSSR count). The molecule has 0 radical (unpaired) electrons. The molecule has 0 aromatic heterocycles. The average molecular weight is 199 g/mol. The monoisotopic (exact) mass is 199 g/mol. The molecule has 1 aliphatic rings. The van der Waals surface area contributed by atoms with E-state index in [1.165, 1.54) is 5.57 Å². The molecule has 0 aliphatic carbocycles. The second-order valence-corrected chi connectivity index (χ2v) is 3.61. The van der Waals surface area contributed by atoms with E-state index < -0.39 is 0 Å². The Labute approximate surface area is 89.8 Å². The maximum Gasteiger partial charge on any atom is 0.0997 e. The Morgan fingerprint density at radius 3 is 2.67 bits per heavy atom. The maximum absolute atomic E-state index is 8.94. The molecule has 2 nitrogen and oxygen atoms in total. The summed E-state index contributed by atoms with van der Waals surface area (Å²) < 4.78 is 5.29. The Kier molecular flexibility index (Phi) is 3.16. The van der Waals surface area contributed by atoms with Gasteiger partial charge in [0.2, 0.25) is 0 Å². The first-order chi connectivity index (χ1) is 7.40. The van der Waals surface area contributed by atoms with E-state index in [9.17, 15) is 0 Å². The summed E-state index contributed by atoms with van der Waals surface area (Å²) in [5.74, 6) is 0. The third-order valence-corrected chi connectivity index (χ3v) is 2.58. The third kappa shape index (κ3) is 2.45. The number of hydrogen-bond acceptors (Lipinski definition) is 2. The molecular weight excluding hydrogens is 186 g/mol. The van der Waals surface area contributed by atoms with Gasteiger partial charge in [0.1, 0.15) is 0 Å². The molecule has 1 aromatic carbocycles. The van der Waals surface area contributed by atoms with Crippen molar-refractivity contribution in [3.63, 3.8) is 0 Å². The number of ether oxygens (including phenoxy) is 1. The largest absolute Gasteiger partial charge is 0.381 e. The number of benzene rings is 1. The SMILES string of the molecule is N#Cc1ccccc1C=C1CCOCC1. The smallest absolute Gasteiger partial charge is 0.0997 e. The minimum absolute atomic E-state index is 0.747. The summed E-state index contributed by atoms with van der Waals surface area (Å²) in [5, 5.41) is 8.94. The van der Waals surface area contributed by atoms with Gasteiger partial charge < -0.3 is 4.74 Å². The van der Waals surface area contributed by atoms with Gasteiger partial charge >= 0.3 is 0 Å². The molecule has 1 aliphatic heterocycles. The van der Waals surface area contributed by atoms with Crippen molar-refractivity contribution in [3.05, 3.63) is 41.0 Å². The fourth-order valence-electron chi connectivity index (χ4n) is 1.72. The van der Waals surface area contributed by atoms with Crippen LogP contribution in [0.25, 0.3) is 6.08 Å². The lowest BCUT2D eigenvalue weighted by Gasteiger charge is -2.14. The molecule has 1 aromatic rings. The van der Waals surface area contributed by atoms with Gasteiger partial charge in [-0.15, -0.1) is 0 Å². The van der Waals surface area contributed by atoms with Crippen molar-refractivity contribution in [2.24, 2.45) is 0 Å². The van der Waals surface area contributed by atoms with E-state index in [1.54, 1.807) is 0 Å². The summed E-state index contributed by atoms with van der Waals surface area (Å²) in [4.78, 5) is 0. The fourth-order valence-corrected chi connectivity index (χ4v) is 1.72. The number of nitrogens with zero attached hydrogens (tertiary/aromatic N) is 1. The Bertz CT molecular complexity index is 407. The van der Waals surface area contributed by atoms with E-state index in [0.29, 0.717) is 0 Å². The van der Waals surface area contributed by atoms with Crippen LogP contribution >= 0.6 is 0 Å². The second kappa shape index (κ2) is 4.77. The Morgan fingerprint density at radius 1 is 1.20 bits per heavy atom. The van der Waals surface area contributed by atoms with Gasteiger partial charge in [0.05, 0.1) is 24.8 Å². The van der Waals surface area contributed by atoms with Crippen LogP contribution < -0.4 is 0 Å². The topological polar surface area (TPSA) is 33.0 Å². The fraction of sp³-hybridized carbons (Fsp3) is 0.308. The average Bonchev–Trinajstić information content (AvgIpc) is 2.31. The molecule has 0 spiro atoms. The first-order valence-corrected chi connectivity index (χ1v) is 5.16. The number of nitriles is 1. The summed E-state index contributed by atoms with van der Waals surface area (Å²) in [5.41, 5.74) is 3.15. The minimum atomic E-state index is 0.747. The van der Waals surface area contributed by atoms with Crippen LogP contribution in [0.1, 0.15) is 24.0 Å². The predicted octanol–water partition coefficient (Wildman–Crippen LogP) is 2.75. The van der Waals surface area contributed by atoms with Crippen LogP contribution in [0, 0.1) is 11.3 Å². The van der Waals surface area contributed by atoms with Gasteiger partial charge in [-0.3, -0.25) is 0 Å². The summed E-state index contributed by atoms with van der Waals surface area (Å²) in [6.45, 7) is 1.61. The quantitative estimate of drug-likeness (QED) is 0.696. The number of rotatable bonds is 1. The lowest BCUT2D eigenvalue weighted by molar-refractivity contribution is 0.119. The van der Waals surface area contributed by atoms with Crippen LogP contribution in [0.4, 0.5) is 0 Å². The highest BCUT2D eigenvalue weighted by atomic mass is 16.5. The molecule has 0 amide bonds. The van der Waals surface area contributed by atoms with E-state index >= 15 is 0 Å². The zero-order chi connectivity index (χ0) is 10.5. The van der Waals surface area contributed by atoms with Crippen molar-refractivity contribution < 1.29 is 4.74 Å². The van der Waals surface area contributed by atoms with Gasteiger partial charge in [0.25, 0.3) is 0 Å². The molecule has 15 heavy (non-hydrogen) atoms. The highest BCUT2D eigenvalue weighted by Crippen LogP contribution is 2.19. The van der Waals surface area contributed by atoms with E-state index in [-0.39, 0.29) is 0 Å². The van der Waals surface area contributed by atoms with Crippen LogP contribution in [0.3, 0.4) is 0 Å². The molecule has 1 saturated heterocycles. The Hall–Kier alpha value is -1.59. The molecule has 2 heteroatoms. The summed E-state index contributed by atoms with van der Waals surface area (Å²) in [7, 11) is 0. The van der Waals surface area contributed by atoms with Crippen molar-refractivity contribution >= 4 is 6.08 Å². The van der Waals surface area contributed by atoms with Gasteiger partial charge in [0, 0.05) is 0 Å². The predicted molar refractivity (Wildman–Crippen MR) is 59.2 cm³/mol. The van der Waals surface area contributed by atoms with Gasteiger partial charge in [-0.25, -0.2) is 0 Å². The van der Waals surface area contributed by atoms with E-state index in [2.05, 4.69) is 12.1 Å². The summed E-state index contributed by atoms with van der Waals surface area (Å²) >= 11 is 0. The zero-order valence-corrected chi connectivity index (χ0v) is 8.57. The van der Waals surface area contributed by atoms with Crippen LogP contribution in [0.15, 0.2) is 29.8 Å². The first kappa shape index (κ1) is 9.95. The second-order valence-electron chi connectivity index (χ2n) is 3.61. The third-order valence-electron chi connectivity index (χ3n) is 2.58. The molecule has 0 bridgehead atoms. The molecule has 0 unspecified atom stereocenters. The Morgan fingerprint density at radius 2 is 1.93 bits per heavy atom. The molecule has 1 fully saturated rings. The van der Waals surface area contributed by atoms with Crippen LogP contribution in [-0.2, 0) is 4.74 Å². The van der Waals surface area contributed by atoms with Gasteiger partial charge in [0.15, 0.2) is 0 Å². The van der Waals surface area contributed by atoms with Crippen molar-refractivity contribution in [2.45, 2.75) is 12.8 Å². The summed E-state index contributed by atoms with van der Waals surface area (Å²) in [6, 6.07) is 9.91. The highest BCUT2D eigenvalue weighted by molar-refractivity contribution is 5.60. The van der Waals surface area contributed by atoms with Crippen molar-refractivity contribution in [1.82, 2.24) is 0 Å². The van der Waals surface area contributed by atoms with Gasteiger partial charge in [-0.1, -0.05) is 29.8 Å². The van der Waals surface area contributed by atoms with Crippen LogP contribution in [0.2, 0.25) is 0 Å². The molecule has 1 heterocycles. The molecular formula is C13H13NO. The lowest BCUT2D eigenvalue weighted by Crippen LogP contribution is -2.07. The normalized spacial score (nSPS) is 15.8. The zero-order valence-electron chi connectivity index (χ0n) is 8.57. The highest BCUT2D eigenvalue weighted by Gasteiger charge is 2.06. The maximum atomic E-state index is 8.94. The molecule has 0 N–H and O–H groups in total. The van der Waals surface area contributed by atoms with E-state index in [4.69, 9.17) is 10.00 Å². The van der Waals surface area contributed by atoms with Crippen molar-refractivity contribution in [1.29, 1.82) is 5.26 Å². The molecule has 0 saturated carbocycles. The van der Waals surface area contributed by atoms with Crippen LogP contribution in [-0.4, -0.2) is 13.2 Å². The molecule has 0 atom stereocenters. The van der Waals surface area contributed by atoms with Crippen molar-refractivity contribution in [3.8, 4) is 6.07 Å². The summed E-state index contributed by atoms with van der Waals surface area (Å²) in [6.07, 6.45) is 4.10. The standard InChI is InChI=1S/C13H13NO/c14-10-13-4-2-1-3-12(13)9-11-5-7-15-8-6-11/h1-4,9H,5-8H2. The lowest BCUT2D eigenvalue weighted by atomic mass is 10.0.